The lowest BCUT2D eigenvalue weighted by molar-refractivity contribution is 0.352. The smallest absolute Gasteiger partial charge is 0.153 e. The molecule has 1 N–H and O–H groups in total. The zero-order valence-corrected chi connectivity index (χ0v) is 9.79. The summed E-state index contributed by atoms with van der Waals surface area (Å²) in [7, 11) is 0. The van der Waals surface area contributed by atoms with E-state index in [1.54, 1.807) is 0 Å². The highest BCUT2D eigenvalue weighted by Crippen LogP contribution is 2.26. The van der Waals surface area contributed by atoms with Crippen LogP contribution in [0.15, 0.2) is 0 Å². The van der Waals surface area contributed by atoms with Crippen molar-refractivity contribution in [3.63, 3.8) is 0 Å². The maximum atomic E-state index is 4.54. The van der Waals surface area contributed by atoms with Crippen molar-refractivity contribution in [2.24, 2.45) is 5.92 Å². The molecular weight excluding hydrogens is 186 g/mol. The summed E-state index contributed by atoms with van der Waals surface area (Å²) in [6.45, 7) is 4.27. The van der Waals surface area contributed by atoms with Crippen molar-refractivity contribution in [1.29, 1.82) is 0 Å². The third-order valence-electron chi connectivity index (χ3n) is 3.27. The number of aromatic amines is 1. The van der Waals surface area contributed by atoms with Crippen LogP contribution >= 0.6 is 0 Å². The average Bonchev–Trinajstić information content (AvgIpc) is 2.68. The van der Waals surface area contributed by atoms with Gasteiger partial charge in [-0.15, -0.1) is 0 Å². The predicted octanol–water partition coefficient (Wildman–Crippen LogP) is 3.05. The van der Waals surface area contributed by atoms with Gasteiger partial charge in [-0.2, -0.15) is 5.10 Å². The van der Waals surface area contributed by atoms with E-state index in [1.807, 2.05) is 0 Å². The molecule has 1 saturated carbocycles. The van der Waals surface area contributed by atoms with Crippen LogP contribution in [0.2, 0.25) is 0 Å². The summed E-state index contributed by atoms with van der Waals surface area (Å²) in [5.74, 6) is 3.32. The molecule has 0 radical (unpaired) electrons. The molecule has 0 saturated heterocycles. The van der Waals surface area contributed by atoms with E-state index in [0.717, 1.165) is 24.0 Å². The van der Waals surface area contributed by atoms with Gasteiger partial charge in [0.2, 0.25) is 0 Å². The van der Waals surface area contributed by atoms with E-state index in [-0.39, 0.29) is 0 Å². The zero-order valence-electron chi connectivity index (χ0n) is 9.79. The third kappa shape index (κ3) is 2.80. The van der Waals surface area contributed by atoms with Crippen molar-refractivity contribution in [2.45, 2.75) is 58.3 Å². The molecule has 1 aromatic heterocycles. The van der Waals surface area contributed by atoms with Crippen molar-refractivity contribution in [3.05, 3.63) is 11.6 Å². The van der Waals surface area contributed by atoms with Gasteiger partial charge in [-0.3, -0.25) is 5.10 Å². The second-order valence-corrected chi connectivity index (χ2v) is 5.00. The molecule has 1 heterocycles. The Labute approximate surface area is 91.7 Å². The Balaban J connectivity index is 1.91. The molecule has 0 aliphatic heterocycles. The van der Waals surface area contributed by atoms with E-state index in [0.29, 0.717) is 5.92 Å². The molecule has 2 rings (SSSR count). The molecule has 3 nitrogen and oxygen atoms in total. The van der Waals surface area contributed by atoms with Gasteiger partial charge in [0.1, 0.15) is 5.82 Å². The standard InChI is InChI=1S/C12H21N3/c1-9(2)12-13-11(14-15-12)8-10-6-4-3-5-7-10/h9-10H,3-8H2,1-2H3,(H,13,14,15). The van der Waals surface area contributed by atoms with Gasteiger partial charge in [0, 0.05) is 12.3 Å². The summed E-state index contributed by atoms with van der Waals surface area (Å²) in [6, 6.07) is 0. The highest BCUT2D eigenvalue weighted by molar-refractivity contribution is 4.96. The Kier molecular flexibility index (Phi) is 3.39. The lowest BCUT2D eigenvalue weighted by Crippen LogP contribution is -2.10. The van der Waals surface area contributed by atoms with Crippen molar-refractivity contribution in [3.8, 4) is 0 Å². The highest BCUT2D eigenvalue weighted by Gasteiger charge is 2.16. The summed E-state index contributed by atoms with van der Waals surface area (Å²) >= 11 is 0. The second-order valence-electron chi connectivity index (χ2n) is 5.00. The molecule has 0 spiro atoms. The van der Waals surface area contributed by atoms with Gasteiger partial charge in [-0.25, -0.2) is 4.98 Å². The van der Waals surface area contributed by atoms with E-state index < -0.39 is 0 Å². The predicted molar refractivity (Wildman–Crippen MR) is 60.8 cm³/mol. The van der Waals surface area contributed by atoms with Crippen molar-refractivity contribution in [2.75, 3.05) is 0 Å². The fraction of sp³-hybridized carbons (Fsp3) is 0.833. The Bertz CT molecular complexity index is 298. The zero-order chi connectivity index (χ0) is 10.7. The minimum Gasteiger partial charge on any atom is -0.263 e. The van der Waals surface area contributed by atoms with Gasteiger partial charge in [-0.1, -0.05) is 46.0 Å². The Hall–Kier alpha value is -0.860. The molecule has 1 aliphatic rings. The molecule has 0 unspecified atom stereocenters. The Morgan fingerprint density at radius 3 is 2.60 bits per heavy atom. The van der Waals surface area contributed by atoms with Crippen molar-refractivity contribution < 1.29 is 0 Å². The number of hydrogen-bond acceptors (Lipinski definition) is 2. The number of aromatic nitrogens is 3. The van der Waals surface area contributed by atoms with Crippen LogP contribution in [0, 0.1) is 5.92 Å². The lowest BCUT2D eigenvalue weighted by atomic mass is 9.87. The largest absolute Gasteiger partial charge is 0.263 e. The van der Waals surface area contributed by atoms with Crippen LogP contribution in [0.4, 0.5) is 0 Å². The summed E-state index contributed by atoms with van der Waals surface area (Å²) < 4.78 is 0. The van der Waals surface area contributed by atoms with Gasteiger partial charge >= 0.3 is 0 Å². The summed E-state index contributed by atoms with van der Waals surface area (Å²) in [5, 5.41) is 7.32. The topological polar surface area (TPSA) is 41.6 Å². The molecule has 3 heteroatoms. The molecule has 1 aromatic rings. The van der Waals surface area contributed by atoms with E-state index in [2.05, 4.69) is 29.0 Å². The first-order valence-corrected chi connectivity index (χ1v) is 6.17. The van der Waals surface area contributed by atoms with Gasteiger partial charge < -0.3 is 0 Å². The van der Waals surface area contributed by atoms with Crippen LogP contribution in [-0.4, -0.2) is 15.2 Å². The second kappa shape index (κ2) is 4.77. The summed E-state index contributed by atoms with van der Waals surface area (Å²) in [6.07, 6.45) is 8.06. The molecule has 1 aliphatic carbocycles. The number of nitrogens with one attached hydrogen (secondary N) is 1. The minimum absolute atomic E-state index is 0.432. The first-order chi connectivity index (χ1) is 7.25. The first kappa shape index (κ1) is 10.7. The average molecular weight is 207 g/mol. The fourth-order valence-corrected chi connectivity index (χ4v) is 2.32. The molecule has 0 amide bonds. The SMILES string of the molecule is CC(C)c1n[nH]c(CC2CCCCC2)n1. The molecule has 0 bridgehead atoms. The lowest BCUT2D eigenvalue weighted by Gasteiger charge is -2.19. The number of hydrogen-bond donors (Lipinski definition) is 1. The molecule has 84 valence electrons. The summed E-state index contributed by atoms with van der Waals surface area (Å²) in [5.41, 5.74) is 0. The molecule has 15 heavy (non-hydrogen) atoms. The van der Waals surface area contributed by atoms with Gasteiger partial charge in [-0.05, 0) is 5.92 Å². The van der Waals surface area contributed by atoms with E-state index in [1.165, 1.54) is 32.1 Å². The molecular formula is C12H21N3. The maximum Gasteiger partial charge on any atom is 0.153 e. The quantitative estimate of drug-likeness (QED) is 0.827. The van der Waals surface area contributed by atoms with Crippen LogP contribution in [0.25, 0.3) is 0 Å². The maximum absolute atomic E-state index is 4.54. The molecule has 1 fully saturated rings. The molecule has 0 aromatic carbocycles. The van der Waals surface area contributed by atoms with Crippen LogP contribution in [-0.2, 0) is 6.42 Å². The Morgan fingerprint density at radius 1 is 1.27 bits per heavy atom. The first-order valence-electron chi connectivity index (χ1n) is 6.17. The number of rotatable bonds is 3. The number of nitrogens with zero attached hydrogens (tertiary/aromatic N) is 2. The minimum atomic E-state index is 0.432. The van der Waals surface area contributed by atoms with E-state index >= 15 is 0 Å². The van der Waals surface area contributed by atoms with E-state index in [4.69, 9.17) is 0 Å². The van der Waals surface area contributed by atoms with Crippen LogP contribution in [0.3, 0.4) is 0 Å². The monoisotopic (exact) mass is 207 g/mol. The van der Waals surface area contributed by atoms with Gasteiger partial charge in [0.05, 0.1) is 0 Å². The van der Waals surface area contributed by atoms with Gasteiger partial charge in [0.15, 0.2) is 5.82 Å². The fourth-order valence-electron chi connectivity index (χ4n) is 2.32. The van der Waals surface area contributed by atoms with Gasteiger partial charge in [0.25, 0.3) is 0 Å². The number of H-pyrrole nitrogens is 1. The van der Waals surface area contributed by atoms with Crippen LogP contribution < -0.4 is 0 Å². The summed E-state index contributed by atoms with van der Waals surface area (Å²) in [4.78, 5) is 4.54. The van der Waals surface area contributed by atoms with Crippen molar-refractivity contribution in [1.82, 2.24) is 15.2 Å². The normalized spacial score (nSPS) is 18.6. The highest BCUT2D eigenvalue weighted by atomic mass is 15.2. The van der Waals surface area contributed by atoms with Crippen LogP contribution in [0.1, 0.15) is 63.5 Å². The van der Waals surface area contributed by atoms with Crippen LogP contribution in [0.5, 0.6) is 0 Å². The Morgan fingerprint density at radius 2 is 2.00 bits per heavy atom. The van der Waals surface area contributed by atoms with Crippen molar-refractivity contribution >= 4 is 0 Å². The van der Waals surface area contributed by atoms with E-state index in [9.17, 15) is 0 Å². The third-order valence-corrected chi connectivity index (χ3v) is 3.27. The molecule has 0 atom stereocenters.